The average molecular weight is 434 g/mol. The van der Waals surface area contributed by atoms with Gasteiger partial charge in [0.1, 0.15) is 12.2 Å². The van der Waals surface area contributed by atoms with E-state index in [0.29, 0.717) is 0 Å². The number of rotatable bonds is 3. The molecule has 0 fully saturated rings. The van der Waals surface area contributed by atoms with E-state index in [0.717, 1.165) is 6.54 Å². The number of hydrogen-bond acceptors (Lipinski definition) is 0. The zero-order valence-corrected chi connectivity index (χ0v) is 14.2. The van der Waals surface area contributed by atoms with Crippen molar-refractivity contribution < 1.29 is 21.8 Å². The molecule has 1 unspecified atom stereocenters. The van der Waals surface area contributed by atoms with Crippen LogP contribution in [0, 0.1) is 0 Å². The average Bonchev–Trinajstić information content (AvgIpc) is 2.37. The van der Waals surface area contributed by atoms with Gasteiger partial charge < -0.3 is 4.90 Å². The van der Waals surface area contributed by atoms with Crippen LogP contribution >= 0.6 is 0 Å². The van der Waals surface area contributed by atoms with Crippen LogP contribution in [0.1, 0.15) is 5.56 Å². The molecule has 0 spiro atoms. The van der Waals surface area contributed by atoms with Crippen LogP contribution in [0.4, 0.5) is 22.6 Å². The maximum atomic E-state index is 9.93. The molecule has 0 amide bonds. The van der Waals surface area contributed by atoms with Gasteiger partial charge in [-0.1, -0.05) is 48.5 Å². The van der Waals surface area contributed by atoms with Crippen molar-refractivity contribution in [1.29, 1.82) is 0 Å². The first-order valence-electron chi connectivity index (χ1n) is 6.29. The maximum absolute atomic E-state index is 11.2. The van der Waals surface area contributed by atoms with Crippen molar-refractivity contribution in [3.8, 4) is 0 Å². The van der Waals surface area contributed by atoms with Crippen LogP contribution in [0.2, 0.25) is 0 Å². The van der Waals surface area contributed by atoms with E-state index < -0.39 is 19.5 Å². The third kappa shape index (κ3) is 11.5. The molecule has 0 aliphatic heterocycles. The van der Waals surface area contributed by atoms with Gasteiger partial charge in [0.25, 0.3) is 0 Å². The zero-order valence-electron chi connectivity index (χ0n) is 11.7. The fourth-order valence-electron chi connectivity index (χ4n) is 1.73. The molecule has 124 valence electrons. The van der Waals surface area contributed by atoms with Crippen molar-refractivity contribution in [2.75, 3.05) is 7.05 Å². The summed E-state index contributed by atoms with van der Waals surface area (Å²) < 4.78 is 59.6. The van der Waals surface area contributed by atoms with Gasteiger partial charge in [-0.2, -0.15) is 0 Å². The molecule has 1 nitrogen and oxygen atoms in total. The van der Waals surface area contributed by atoms with E-state index in [9.17, 15) is 16.9 Å². The second-order valence-corrected chi connectivity index (χ2v) is 10.2. The van der Waals surface area contributed by atoms with Crippen LogP contribution in [-0.4, -0.2) is 26.5 Å². The van der Waals surface area contributed by atoms with Crippen LogP contribution in [0.3, 0.4) is 0 Å². The van der Waals surface area contributed by atoms with Crippen LogP contribution in [0.5, 0.6) is 0 Å². The van der Waals surface area contributed by atoms with Gasteiger partial charge in [-0.3, -0.25) is 0 Å². The molecule has 1 atom stereocenters. The Morgan fingerprint density at radius 3 is 1.50 bits per heavy atom. The van der Waals surface area contributed by atoms with Gasteiger partial charge in [-0.25, -0.2) is 0 Å². The molecule has 22 heavy (non-hydrogen) atoms. The Hall–Kier alpha value is -1.20. The van der Waals surface area contributed by atoms with Gasteiger partial charge in [0.05, 0.1) is 7.05 Å². The molecule has 8 heteroatoms. The molecule has 0 saturated heterocycles. The van der Waals surface area contributed by atoms with Crippen LogP contribution < -0.4 is 4.90 Å². The summed E-state index contributed by atoms with van der Waals surface area (Å²) in [6.07, 6.45) is 0. The normalized spacial score (nSPS) is 15.8. The van der Waals surface area contributed by atoms with Crippen molar-refractivity contribution in [2.45, 2.75) is 6.54 Å². The zero-order chi connectivity index (χ0) is 16.9. The molecule has 0 radical (unpaired) electrons. The second kappa shape index (κ2) is 6.12. The van der Waals surface area contributed by atoms with Gasteiger partial charge in [-0.15, -0.1) is 0 Å². The SMILES string of the molecule is C[NH+](Cc1ccccc1)c1ccccc1.[F][Sb-]([F])([F])([F])([F])[F]. The first-order valence-corrected chi connectivity index (χ1v) is 12.1. The van der Waals surface area contributed by atoms with E-state index in [2.05, 4.69) is 67.7 Å². The summed E-state index contributed by atoms with van der Waals surface area (Å²) in [7, 11) is 2.20. The molecule has 2 rings (SSSR count). The molecule has 0 aromatic heterocycles. The third-order valence-electron chi connectivity index (χ3n) is 2.58. The molecule has 0 heterocycles. The number of benzene rings is 2. The van der Waals surface area contributed by atoms with Gasteiger partial charge >= 0.3 is 36.4 Å². The van der Waals surface area contributed by atoms with Gasteiger partial charge in [0.15, 0.2) is 0 Å². The Morgan fingerprint density at radius 2 is 1.09 bits per heavy atom. The molecular weight excluding hydrogens is 418 g/mol. The minimum absolute atomic E-state index is 1.03. The Morgan fingerprint density at radius 1 is 0.727 bits per heavy atom. The first-order chi connectivity index (χ1) is 9.81. The topological polar surface area (TPSA) is 4.44 Å². The van der Waals surface area contributed by atoms with Crippen LogP contribution in [0.15, 0.2) is 60.7 Å². The molecule has 0 saturated carbocycles. The van der Waals surface area contributed by atoms with Crippen molar-refractivity contribution in [3.63, 3.8) is 0 Å². The minimum atomic E-state index is -11.2. The third-order valence-corrected chi connectivity index (χ3v) is 2.58. The van der Waals surface area contributed by atoms with Gasteiger partial charge in [-0.05, 0) is 12.1 Å². The summed E-state index contributed by atoms with van der Waals surface area (Å²) in [5.74, 6) is 0. The van der Waals surface area contributed by atoms with Crippen molar-refractivity contribution in [1.82, 2.24) is 0 Å². The number of quaternary nitrogens is 1. The molecule has 0 aliphatic carbocycles. The van der Waals surface area contributed by atoms with E-state index in [1.165, 1.54) is 16.2 Å². The second-order valence-electron chi connectivity index (χ2n) is 4.77. The standard InChI is InChI=1S/C14H15N.6FH.Sb/c1-15(14-10-6-3-7-11-14)12-13-8-4-2-5-9-13;;;;;;;/h2-11H,12H2,1H3;6*1H;/q;;;;;;;+5/p-5. The monoisotopic (exact) mass is 433 g/mol. The van der Waals surface area contributed by atoms with Gasteiger partial charge in [0, 0.05) is 5.56 Å². The van der Waals surface area contributed by atoms with Crippen LogP contribution in [0.25, 0.3) is 0 Å². The predicted octanol–water partition coefficient (Wildman–Crippen LogP) is 4.17. The van der Waals surface area contributed by atoms with E-state index in [-0.39, 0.29) is 0 Å². The van der Waals surface area contributed by atoms with Crippen LogP contribution in [-0.2, 0) is 6.54 Å². The fraction of sp³-hybridized carbons (Fsp3) is 0.143. The van der Waals surface area contributed by atoms with Crippen molar-refractivity contribution >= 4 is 25.2 Å². The van der Waals surface area contributed by atoms with Crippen molar-refractivity contribution in [3.05, 3.63) is 66.2 Å². The molecule has 2 aromatic carbocycles. The molecule has 1 N–H and O–H groups in total. The fourth-order valence-corrected chi connectivity index (χ4v) is 1.73. The van der Waals surface area contributed by atoms with E-state index in [4.69, 9.17) is 0 Å². The number of nitrogens with one attached hydrogen (secondary N) is 1. The van der Waals surface area contributed by atoms with E-state index in [1.54, 1.807) is 0 Å². The number of para-hydroxylation sites is 1. The Balaban J connectivity index is 0.000000295. The summed E-state index contributed by atoms with van der Waals surface area (Å²) in [6.45, 7) is 1.03. The van der Waals surface area contributed by atoms with E-state index >= 15 is 0 Å². The summed E-state index contributed by atoms with van der Waals surface area (Å²) in [5.41, 5.74) is 2.71. The van der Waals surface area contributed by atoms with E-state index in [1.807, 2.05) is 0 Å². The molecular formula is C14H16F6NSb. The molecule has 0 bridgehead atoms. The predicted molar refractivity (Wildman–Crippen MR) is 75.5 cm³/mol. The summed E-state index contributed by atoms with van der Waals surface area (Å²) >= 11 is -11.2. The summed E-state index contributed by atoms with van der Waals surface area (Å²) in [5, 5.41) is 0. The van der Waals surface area contributed by atoms with Gasteiger partial charge in [0.2, 0.25) is 0 Å². The Labute approximate surface area is 127 Å². The number of hydrogen-bond donors (Lipinski definition) is 1. The molecule has 0 aliphatic rings. The summed E-state index contributed by atoms with van der Waals surface area (Å²) in [4.78, 5) is 1.42. The first kappa shape index (κ1) is 18.8. The quantitative estimate of drug-likeness (QED) is 0.547. The Bertz CT molecular complexity index is 571. The molecule has 2 aromatic rings. The Kier molecular flexibility index (Phi) is 5.25. The van der Waals surface area contributed by atoms with Crippen molar-refractivity contribution in [2.24, 2.45) is 0 Å². The summed E-state index contributed by atoms with van der Waals surface area (Å²) in [6, 6.07) is 21.1. The number of halogens is 6.